The summed E-state index contributed by atoms with van der Waals surface area (Å²) in [6, 6.07) is 4.63. The average molecular weight is 259 g/mol. The molecule has 0 N–H and O–H groups in total. The maximum atomic E-state index is 12.9. The molecule has 0 aliphatic carbocycles. The molecule has 0 bridgehead atoms. The Morgan fingerprint density at radius 2 is 2.21 bits per heavy atom. The molecule has 0 aliphatic heterocycles. The second-order valence-electron chi connectivity index (χ2n) is 3.35. The Kier molecular flexibility index (Phi) is 3.81. The van der Waals surface area contributed by atoms with Crippen LogP contribution in [-0.2, 0) is 11.2 Å². The summed E-state index contributed by atoms with van der Waals surface area (Å²) >= 11 is 3.27. The number of carbonyl (C=O) groups is 1. The monoisotopic (exact) mass is 258 g/mol. The van der Waals surface area contributed by atoms with Gasteiger partial charge in [-0.25, -0.2) is 4.39 Å². The number of hydrogen-bond donors (Lipinski definition) is 0. The SMILES string of the molecule is CC(=O)C(Br)Cc1cc(F)ccc1C. The second-order valence-corrected chi connectivity index (χ2v) is 4.46. The molecule has 0 heterocycles. The van der Waals surface area contributed by atoms with Gasteiger partial charge in [0.2, 0.25) is 0 Å². The molecule has 0 amide bonds. The summed E-state index contributed by atoms with van der Waals surface area (Å²) in [5.74, 6) is -0.192. The van der Waals surface area contributed by atoms with E-state index in [0.717, 1.165) is 11.1 Å². The van der Waals surface area contributed by atoms with Crippen molar-refractivity contribution in [3.05, 3.63) is 35.1 Å². The molecule has 1 nitrogen and oxygen atoms in total. The standard InChI is InChI=1S/C11H12BrFO/c1-7-3-4-10(13)5-9(7)6-11(12)8(2)14/h3-5,11H,6H2,1-2H3. The molecule has 1 unspecified atom stereocenters. The zero-order valence-corrected chi connectivity index (χ0v) is 9.77. The summed E-state index contributed by atoms with van der Waals surface area (Å²) in [5, 5.41) is 0. The molecule has 3 heteroatoms. The summed E-state index contributed by atoms with van der Waals surface area (Å²) in [6.45, 7) is 3.43. The lowest BCUT2D eigenvalue weighted by Gasteiger charge is -2.08. The second kappa shape index (κ2) is 4.69. The topological polar surface area (TPSA) is 17.1 Å². The Hall–Kier alpha value is -0.700. The minimum atomic E-state index is -0.256. The van der Waals surface area contributed by atoms with E-state index in [1.807, 2.05) is 6.92 Å². The molecule has 1 rings (SSSR count). The summed E-state index contributed by atoms with van der Waals surface area (Å²) in [5.41, 5.74) is 1.89. The number of hydrogen-bond acceptors (Lipinski definition) is 1. The van der Waals surface area contributed by atoms with Gasteiger partial charge in [-0.3, -0.25) is 4.79 Å². The molecule has 0 aromatic heterocycles. The maximum absolute atomic E-state index is 12.9. The maximum Gasteiger partial charge on any atom is 0.143 e. The molecule has 0 spiro atoms. The van der Waals surface area contributed by atoms with Crippen molar-refractivity contribution in [2.75, 3.05) is 0 Å². The van der Waals surface area contributed by atoms with E-state index in [4.69, 9.17) is 0 Å². The van der Waals surface area contributed by atoms with Crippen molar-refractivity contribution < 1.29 is 9.18 Å². The molecule has 1 aromatic rings. The third kappa shape index (κ3) is 2.91. The van der Waals surface area contributed by atoms with Crippen molar-refractivity contribution in [2.45, 2.75) is 25.1 Å². The van der Waals surface area contributed by atoms with Crippen LogP contribution in [0.15, 0.2) is 18.2 Å². The van der Waals surface area contributed by atoms with Gasteiger partial charge in [-0.05, 0) is 43.5 Å². The molecule has 1 atom stereocenters. The van der Waals surface area contributed by atoms with Crippen LogP contribution in [0.1, 0.15) is 18.1 Å². The molecule has 0 saturated carbocycles. The molecule has 76 valence electrons. The molecule has 0 saturated heterocycles. The number of rotatable bonds is 3. The van der Waals surface area contributed by atoms with Gasteiger partial charge >= 0.3 is 0 Å². The van der Waals surface area contributed by atoms with Gasteiger partial charge in [-0.1, -0.05) is 22.0 Å². The minimum absolute atomic E-state index is 0.0636. The van der Waals surface area contributed by atoms with Crippen LogP contribution in [0.2, 0.25) is 0 Å². The summed E-state index contributed by atoms with van der Waals surface area (Å²) in [6.07, 6.45) is 0.541. The van der Waals surface area contributed by atoms with Gasteiger partial charge in [-0.2, -0.15) is 0 Å². The van der Waals surface area contributed by atoms with E-state index in [-0.39, 0.29) is 16.4 Å². The van der Waals surface area contributed by atoms with Gasteiger partial charge in [0.15, 0.2) is 0 Å². The molecule has 0 radical (unpaired) electrons. The van der Waals surface area contributed by atoms with Crippen LogP contribution in [0.25, 0.3) is 0 Å². The normalized spacial score (nSPS) is 12.6. The van der Waals surface area contributed by atoms with Crippen LogP contribution < -0.4 is 0 Å². The predicted octanol–water partition coefficient (Wildman–Crippen LogP) is 3.03. The quantitative estimate of drug-likeness (QED) is 0.762. The van der Waals surface area contributed by atoms with Gasteiger partial charge in [0, 0.05) is 0 Å². The van der Waals surface area contributed by atoms with Gasteiger partial charge in [0.05, 0.1) is 4.83 Å². The van der Waals surface area contributed by atoms with Crippen molar-refractivity contribution in [3.63, 3.8) is 0 Å². The van der Waals surface area contributed by atoms with Crippen LogP contribution in [0.4, 0.5) is 4.39 Å². The highest BCUT2D eigenvalue weighted by Crippen LogP contribution is 2.16. The Balaban J connectivity index is 2.85. The molecule has 0 fully saturated rings. The van der Waals surface area contributed by atoms with Crippen molar-refractivity contribution in [1.82, 2.24) is 0 Å². The number of halogens is 2. The lowest BCUT2D eigenvalue weighted by Crippen LogP contribution is -2.13. The van der Waals surface area contributed by atoms with Crippen molar-refractivity contribution in [2.24, 2.45) is 0 Å². The molecule has 1 aromatic carbocycles. The van der Waals surface area contributed by atoms with E-state index in [9.17, 15) is 9.18 Å². The Labute approximate surface area is 91.5 Å². The number of alkyl halides is 1. The van der Waals surface area contributed by atoms with E-state index >= 15 is 0 Å². The first-order valence-corrected chi connectivity index (χ1v) is 5.32. The summed E-state index contributed by atoms with van der Waals surface area (Å²) in [7, 11) is 0. The van der Waals surface area contributed by atoms with Crippen LogP contribution >= 0.6 is 15.9 Å². The molecule has 0 aliphatic rings. The number of ketones is 1. The average Bonchev–Trinajstić information content (AvgIpc) is 2.11. The number of Topliss-reactive ketones (excluding diaryl/α,β-unsaturated/α-hetero) is 1. The van der Waals surface area contributed by atoms with E-state index in [0.29, 0.717) is 6.42 Å². The van der Waals surface area contributed by atoms with E-state index < -0.39 is 0 Å². The van der Waals surface area contributed by atoms with Crippen molar-refractivity contribution in [3.8, 4) is 0 Å². The van der Waals surface area contributed by atoms with Gasteiger partial charge in [-0.15, -0.1) is 0 Å². The highest BCUT2D eigenvalue weighted by atomic mass is 79.9. The van der Waals surface area contributed by atoms with E-state index in [1.165, 1.54) is 19.1 Å². The third-order valence-electron chi connectivity index (χ3n) is 2.15. The Morgan fingerprint density at radius 3 is 2.79 bits per heavy atom. The highest BCUT2D eigenvalue weighted by Gasteiger charge is 2.12. The van der Waals surface area contributed by atoms with Gasteiger partial charge in [0.1, 0.15) is 11.6 Å². The zero-order chi connectivity index (χ0) is 10.7. The molecule has 14 heavy (non-hydrogen) atoms. The van der Waals surface area contributed by atoms with E-state index in [1.54, 1.807) is 6.07 Å². The highest BCUT2D eigenvalue weighted by molar-refractivity contribution is 9.10. The smallest absolute Gasteiger partial charge is 0.143 e. The summed E-state index contributed by atoms with van der Waals surface area (Å²) in [4.78, 5) is 10.8. The fourth-order valence-corrected chi connectivity index (χ4v) is 1.55. The Bertz CT molecular complexity index is 349. The first-order chi connectivity index (χ1) is 6.50. The summed E-state index contributed by atoms with van der Waals surface area (Å²) < 4.78 is 12.9. The number of benzene rings is 1. The fraction of sp³-hybridized carbons (Fsp3) is 0.364. The van der Waals surface area contributed by atoms with Crippen LogP contribution in [0, 0.1) is 12.7 Å². The minimum Gasteiger partial charge on any atom is -0.299 e. The predicted molar refractivity (Wildman–Crippen MR) is 58.2 cm³/mol. The lowest BCUT2D eigenvalue weighted by atomic mass is 10.0. The third-order valence-corrected chi connectivity index (χ3v) is 3.12. The Morgan fingerprint density at radius 1 is 1.57 bits per heavy atom. The number of carbonyl (C=O) groups excluding carboxylic acids is 1. The molecular weight excluding hydrogens is 247 g/mol. The van der Waals surface area contributed by atoms with Crippen molar-refractivity contribution in [1.29, 1.82) is 0 Å². The van der Waals surface area contributed by atoms with Crippen LogP contribution in [-0.4, -0.2) is 10.6 Å². The fourth-order valence-electron chi connectivity index (χ4n) is 1.20. The van der Waals surface area contributed by atoms with Gasteiger partial charge < -0.3 is 0 Å². The van der Waals surface area contributed by atoms with Crippen LogP contribution in [0.5, 0.6) is 0 Å². The first-order valence-electron chi connectivity index (χ1n) is 4.40. The molecular formula is C11H12BrFO. The van der Waals surface area contributed by atoms with Crippen LogP contribution in [0.3, 0.4) is 0 Å². The lowest BCUT2D eigenvalue weighted by molar-refractivity contribution is -0.116. The zero-order valence-electron chi connectivity index (χ0n) is 8.18. The number of aryl methyl sites for hydroxylation is 1. The van der Waals surface area contributed by atoms with Gasteiger partial charge in [0.25, 0.3) is 0 Å². The first kappa shape index (κ1) is 11.4. The van der Waals surface area contributed by atoms with E-state index in [2.05, 4.69) is 15.9 Å². The largest absolute Gasteiger partial charge is 0.299 e. The van der Waals surface area contributed by atoms with Crippen molar-refractivity contribution >= 4 is 21.7 Å².